The minimum absolute atomic E-state index is 0.0773. The first-order valence-corrected chi connectivity index (χ1v) is 3.14. The van der Waals surface area contributed by atoms with Crippen molar-refractivity contribution >= 4 is 5.87 Å². The zero-order valence-electron chi connectivity index (χ0n) is 6.52. The van der Waals surface area contributed by atoms with Gasteiger partial charge in [-0.1, -0.05) is 6.08 Å². The van der Waals surface area contributed by atoms with Crippen molar-refractivity contribution in [1.82, 2.24) is 0 Å². The van der Waals surface area contributed by atoms with E-state index in [4.69, 9.17) is 21.2 Å². The van der Waals surface area contributed by atoms with Crippen molar-refractivity contribution in [3.63, 3.8) is 0 Å². The lowest BCUT2D eigenvalue weighted by atomic mass is 10.2. The Labute approximate surface area is 75.5 Å². The Bertz CT molecular complexity index is 398. The standard InChI is InChI=1S/C9H3N4/c10-4-8(5-11)2-1-3-9(6-12)7-13/h1-3H/q-1. The molecule has 0 atom stereocenters. The van der Waals surface area contributed by atoms with E-state index in [1.54, 1.807) is 24.1 Å². The highest BCUT2D eigenvalue weighted by molar-refractivity contribution is 5.70. The largest absolute Gasteiger partial charge is 0.762 e. The van der Waals surface area contributed by atoms with Gasteiger partial charge in [-0.2, -0.15) is 15.8 Å². The van der Waals surface area contributed by atoms with Crippen LogP contribution in [0.25, 0.3) is 5.41 Å². The summed E-state index contributed by atoms with van der Waals surface area (Å²) in [5, 5.41) is 33.2. The van der Waals surface area contributed by atoms with Crippen LogP contribution in [0, 0.1) is 34.0 Å². The van der Waals surface area contributed by atoms with Crippen molar-refractivity contribution in [1.29, 1.82) is 15.8 Å². The van der Waals surface area contributed by atoms with Crippen LogP contribution in [-0.2, 0) is 0 Å². The molecule has 0 aliphatic heterocycles. The second-order valence-electron chi connectivity index (χ2n) is 1.80. The average Bonchev–Trinajstić information content (AvgIpc) is 2.19. The molecule has 0 heterocycles. The van der Waals surface area contributed by atoms with Crippen LogP contribution in [0.15, 0.2) is 29.4 Å². The van der Waals surface area contributed by atoms with Gasteiger partial charge in [-0.3, -0.25) is 5.87 Å². The zero-order valence-corrected chi connectivity index (χ0v) is 6.52. The summed E-state index contributed by atoms with van der Waals surface area (Å²) in [7, 11) is 0. The molecule has 0 rings (SSSR count). The fourth-order valence-electron chi connectivity index (χ4n) is 0.440. The van der Waals surface area contributed by atoms with E-state index in [0.29, 0.717) is 0 Å². The Morgan fingerprint density at radius 3 is 2.08 bits per heavy atom. The molecule has 0 unspecified atom stereocenters. The van der Waals surface area contributed by atoms with Crippen molar-refractivity contribution < 1.29 is 0 Å². The molecule has 0 aliphatic carbocycles. The first kappa shape index (κ1) is 10.4. The summed E-state index contributed by atoms with van der Waals surface area (Å²) in [5.41, 5.74) is -0.155. The summed E-state index contributed by atoms with van der Waals surface area (Å²) >= 11 is 0. The van der Waals surface area contributed by atoms with Crippen molar-refractivity contribution in [2.24, 2.45) is 0 Å². The normalized spacial score (nSPS) is 7.46. The van der Waals surface area contributed by atoms with Crippen LogP contribution < -0.4 is 0 Å². The molecule has 0 bridgehead atoms. The Morgan fingerprint density at radius 1 is 1.08 bits per heavy atom. The van der Waals surface area contributed by atoms with E-state index in [1.807, 2.05) is 0 Å². The molecule has 0 fully saturated rings. The molecule has 0 aromatic rings. The highest BCUT2D eigenvalue weighted by Gasteiger charge is 1.86. The van der Waals surface area contributed by atoms with Crippen LogP contribution in [0.3, 0.4) is 0 Å². The number of rotatable bonds is 2. The summed E-state index contributed by atoms with van der Waals surface area (Å²) < 4.78 is 0. The first-order chi connectivity index (χ1) is 6.28. The molecule has 0 saturated carbocycles. The molecule has 0 radical (unpaired) electrons. The quantitative estimate of drug-likeness (QED) is 0.351. The molecule has 13 heavy (non-hydrogen) atoms. The zero-order chi connectivity index (χ0) is 10.1. The maximum atomic E-state index is 8.29. The van der Waals surface area contributed by atoms with Gasteiger partial charge in [0.2, 0.25) is 0 Å². The van der Waals surface area contributed by atoms with Gasteiger partial charge >= 0.3 is 0 Å². The first-order valence-electron chi connectivity index (χ1n) is 3.14. The lowest BCUT2D eigenvalue weighted by Gasteiger charge is -1.81. The van der Waals surface area contributed by atoms with Gasteiger partial charge in [0.15, 0.2) is 0 Å². The topological polar surface area (TPSA) is 93.7 Å². The third-order valence-electron chi connectivity index (χ3n) is 1.01. The second-order valence-corrected chi connectivity index (χ2v) is 1.80. The lowest BCUT2D eigenvalue weighted by molar-refractivity contribution is 1.46. The van der Waals surface area contributed by atoms with Crippen molar-refractivity contribution in [3.8, 4) is 18.2 Å². The molecular weight excluding hydrogens is 164 g/mol. The van der Waals surface area contributed by atoms with Gasteiger partial charge in [0.25, 0.3) is 0 Å². The van der Waals surface area contributed by atoms with Gasteiger partial charge < -0.3 is 5.41 Å². The van der Waals surface area contributed by atoms with E-state index in [9.17, 15) is 0 Å². The third kappa shape index (κ3) is 3.96. The van der Waals surface area contributed by atoms with E-state index in [-0.39, 0.29) is 11.1 Å². The van der Waals surface area contributed by atoms with Gasteiger partial charge in [0, 0.05) is 0 Å². The summed E-state index contributed by atoms with van der Waals surface area (Å²) in [6, 6.07) is 4.91. The number of allylic oxidation sites excluding steroid dienone is 5. The fraction of sp³-hybridized carbons (Fsp3) is 0. The van der Waals surface area contributed by atoms with Gasteiger partial charge in [0.05, 0.1) is 5.57 Å². The minimum Gasteiger partial charge on any atom is -0.762 e. The van der Waals surface area contributed by atoms with Gasteiger partial charge in [-0.05, 0) is 12.2 Å². The molecular formula is C9H3N4-. The van der Waals surface area contributed by atoms with Crippen LogP contribution >= 0.6 is 0 Å². The number of nitrogens with zero attached hydrogens (tertiary/aromatic N) is 4. The fourth-order valence-corrected chi connectivity index (χ4v) is 0.440. The van der Waals surface area contributed by atoms with Gasteiger partial charge in [-0.25, -0.2) is 0 Å². The lowest BCUT2D eigenvalue weighted by Crippen LogP contribution is -1.71. The van der Waals surface area contributed by atoms with Crippen molar-refractivity contribution in [2.75, 3.05) is 0 Å². The minimum atomic E-state index is -0.0773. The molecule has 0 spiro atoms. The molecule has 60 valence electrons. The van der Waals surface area contributed by atoms with E-state index >= 15 is 0 Å². The summed E-state index contributed by atoms with van der Waals surface area (Å²) in [5.74, 6) is 1.64. The number of nitriles is 3. The van der Waals surface area contributed by atoms with Crippen molar-refractivity contribution in [3.05, 3.63) is 34.8 Å². The van der Waals surface area contributed by atoms with Crippen LogP contribution in [0.2, 0.25) is 0 Å². The van der Waals surface area contributed by atoms with Crippen LogP contribution in [0.4, 0.5) is 0 Å². The predicted octanol–water partition coefficient (Wildman–Crippen LogP) is 1.21. The van der Waals surface area contributed by atoms with Gasteiger partial charge in [0.1, 0.15) is 23.8 Å². The Morgan fingerprint density at radius 2 is 1.69 bits per heavy atom. The molecule has 0 N–H and O–H groups in total. The van der Waals surface area contributed by atoms with Crippen LogP contribution in [0.5, 0.6) is 0 Å². The number of hydrogen-bond donors (Lipinski definition) is 0. The molecule has 4 nitrogen and oxygen atoms in total. The highest BCUT2D eigenvalue weighted by Crippen LogP contribution is 1.93. The van der Waals surface area contributed by atoms with Crippen LogP contribution in [-0.4, -0.2) is 5.87 Å². The molecule has 0 aliphatic rings. The molecule has 0 amide bonds. The summed E-state index contributed by atoms with van der Waals surface area (Å²) in [4.78, 5) is 0. The maximum Gasteiger partial charge on any atom is 0.129 e. The van der Waals surface area contributed by atoms with Gasteiger partial charge in [-0.15, -0.1) is 0 Å². The average molecular weight is 167 g/mol. The Kier molecular flexibility index (Phi) is 4.91. The SMILES string of the molecule is N#CC(=C=[N-])C=CC=C(C#N)C#N. The number of hydrogen-bond acceptors (Lipinski definition) is 3. The maximum absolute atomic E-state index is 8.29. The smallest absolute Gasteiger partial charge is 0.129 e. The van der Waals surface area contributed by atoms with E-state index in [0.717, 1.165) is 0 Å². The molecule has 0 aromatic carbocycles. The van der Waals surface area contributed by atoms with E-state index in [2.05, 4.69) is 0 Å². The Hall–Kier alpha value is -2.60. The van der Waals surface area contributed by atoms with E-state index < -0.39 is 0 Å². The summed E-state index contributed by atoms with van der Waals surface area (Å²) in [6.07, 6.45) is 3.77. The van der Waals surface area contributed by atoms with Crippen molar-refractivity contribution in [2.45, 2.75) is 0 Å². The molecule has 0 aromatic heterocycles. The summed E-state index contributed by atoms with van der Waals surface area (Å²) in [6.45, 7) is 0. The van der Waals surface area contributed by atoms with Crippen LogP contribution in [0.1, 0.15) is 0 Å². The molecule has 4 heteroatoms. The highest BCUT2D eigenvalue weighted by atomic mass is 14.3. The predicted molar refractivity (Wildman–Crippen MR) is 45.9 cm³/mol. The second kappa shape index (κ2) is 6.13. The molecule has 0 saturated heterocycles. The third-order valence-corrected chi connectivity index (χ3v) is 1.01. The van der Waals surface area contributed by atoms with E-state index in [1.165, 1.54) is 18.2 Å². The monoisotopic (exact) mass is 167 g/mol. The Balaban J connectivity index is 4.62.